The number of nitro groups is 1. The van der Waals surface area contributed by atoms with Gasteiger partial charge in [0.05, 0.1) is 4.92 Å². The summed E-state index contributed by atoms with van der Waals surface area (Å²) >= 11 is 3.86. The Balaban J connectivity index is 0.000000500. The van der Waals surface area contributed by atoms with Crippen molar-refractivity contribution in [2.24, 2.45) is 0 Å². The molecule has 0 aliphatic rings. The standard InChI is InChI=1S/C5H4N2O2S2.C2H6O/c8-7(9)4-1-2-6-5(3-4)11-10;1-2-3/h1-3,10H;3H,2H2,1H3. The second-order valence-electron chi connectivity index (χ2n) is 2.02. The Morgan fingerprint density at radius 3 is 2.79 bits per heavy atom. The van der Waals surface area contributed by atoms with Gasteiger partial charge in [-0.2, -0.15) is 0 Å². The first-order valence-electron chi connectivity index (χ1n) is 3.68. The molecule has 0 atom stereocenters. The van der Waals surface area contributed by atoms with Crippen molar-refractivity contribution in [1.82, 2.24) is 4.98 Å². The van der Waals surface area contributed by atoms with Crippen LogP contribution in [0.15, 0.2) is 23.4 Å². The van der Waals surface area contributed by atoms with Crippen LogP contribution in [0, 0.1) is 10.1 Å². The highest BCUT2D eigenvalue weighted by Crippen LogP contribution is 2.22. The van der Waals surface area contributed by atoms with E-state index in [1.54, 1.807) is 6.92 Å². The third-order valence-electron chi connectivity index (χ3n) is 1.02. The van der Waals surface area contributed by atoms with Gasteiger partial charge < -0.3 is 5.11 Å². The van der Waals surface area contributed by atoms with Crippen LogP contribution in [0.5, 0.6) is 0 Å². The number of aliphatic hydroxyl groups is 1. The summed E-state index contributed by atoms with van der Waals surface area (Å²) < 4.78 is 0. The van der Waals surface area contributed by atoms with E-state index in [4.69, 9.17) is 5.11 Å². The zero-order valence-electron chi connectivity index (χ0n) is 7.45. The molecule has 0 fully saturated rings. The summed E-state index contributed by atoms with van der Waals surface area (Å²) in [5, 5.41) is 18.3. The molecule has 78 valence electrons. The Hall–Kier alpha value is -0.790. The smallest absolute Gasteiger partial charge is 0.273 e. The number of thiol groups is 1. The van der Waals surface area contributed by atoms with Gasteiger partial charge >= 0.3 is 0 Å². The van der Waals surface area contributed by atoms with Crippen LogP contribution in [-0.4, -0.2) is 21.6 Å². The minimum Gasteiger partial charge on any atom is -0.397 e. The summed E-state index contributed by atoms with van der Waals surface area (Å²) in [7, 11) is 1.08. The SMILES string of the molecule is CCO.O=[N+]([O-])c1ccnc(SS)c1. The van der Waals surface area contributed by atoms with Crippen LogP contribution >= 0.6 is 22.5 Å². The monoisotopic (exact) mass is 234 g/mol. The lowest BCUT2D eigenvalue weighted by Crippen LogP contribution is -1.88. The maximum Gasteiger partial charge on any atom is 0.273 e. The molecule has 0 saturated carbocycles. The van der Waals surface area contributed by atoms with Gasteiger partial charge in [0.15, 0.2) is 0 Å². The molecule has 14 heavy (non-hydrogen) atoms. The van der Waals surface area contributed by atoms with E-state index in [1.807, 2.05) is 0 Å². The van der Waals surface area contributed by atoms with Gasteiger partial charge in [0.1, 0.15) is 5.03 Å². The molecule has 1 N–H and O–H groups in total. The molecule has 1 aromatic heterocycles. The number of hydrogen-bond donors (Lipinski definition) is 2. The molecule has 0 aliphatic carbocycles. The fourth-order valence-electron chi connectivity index (χ4n) is 0.562. The van der Waals surface area contributed by atoms with E-state index in [0.29, 0.717) is 5.03 Å². The second kappa shape index (κ2) is 7.60. The number of aromatic nitrogens is 1. The van der Waals surface area contributed by atoms with E-state index in [0.717, 1.165) is 10.8 Å². The van der Waals surface area contributed by atoms with Crippen molar-refractivity contribution in [2.45, 2.75) is 11.9 Å². The summed E-state index contributed by atoms with van der Waals surface area (Å²) in [6.45, 7) is 1.93. The second-order valence-corrected chi connectivity index (χ2v) is 3.17. The minimum absolute atomic E-state index is 0.0385. The average Bonchev–Trinajstić information content (AvgIpc) is 2.19. The van der Waals surface area contributed by atoms with Crippen LogP contribution in [-0.2, 0) is 0 Å². The number of nitrogens with zero attached hydrogens (tertiary/aromatic N) is 2. The van der Waals surface area contributed by atoms with Crippen molar-refractivity contribution in [3.63, 3.8) is 0 Å². The van der Waals surface area contributed by atoms with E-state index in [1.165, 1.54) is 18.3 Å². The lowest BCUT2D eigenvalue weighted by atomic mass is 10.4. The third-order valence-corrected chi connectivity index (χ3v) is 1.99. The van der Waals surface area contributed by atoms with Crippen LogP contribution in [0.4, 0.5) is 5.69 Å². The van der Waals surface area contributed by atoms with Crippen LogP contribution < -0.4 is 0 Å². The van der Waals surface area contributed by atoms with Crippen molar-refractivity contribution in [3.05, 3.63) is 28.4 Å². The van der Waals surface area contributed by atoms with Gasteiger partial charge in [-0.3, -0.25) is 10.1 Å². The number of rotatable bonds is 2. The van der Waals surface area contributed by atoms with Gasteiger partial charge in [0, 0.05) is 24.9 Å². The Morgan fingerprint density at radius 1 is 1.79 bits per heavy atom. The first kappa shape index (κ1) is 13.2. The van der Waals surface area contributed by atoms with E-state index in [-0.39, 0.29) is 12.3 Å². The first-order chi connectivity index (χ1) is 6.65. The molecular formula is C7H10N2O3S2. The van der Waals surface area contributed by atoms with Gasteiger partial charge in [-0.1, -0.05) is 0 Å². The van der Waals surface area contributed by atoms with E-state index in [2.05, 4.69) is 16.6 Å². The topological polar surface area (TPSA) is 76.3 Å². The average molecular weight is 234 g/mol. The number of hydrogen-bond acceptors (Lipinski definition) is 6. The summed E-state index contributed by atoms with van der Waals surface area (Å²) in [4.78, 5) is 13.6. The Morgan fingerprint density at radius 2 is 2.36 bits per heavy atom. The summed E-state index contributed by atoms with van der Waals surface area (Å²) in [5.74, 6) is 0. The largest absolute Gasteiger partial charge is 0.397 e. The van der Waals surface area contributed by atoms with Crippen LogP contribution in [0.3, 0.4) is 0 Å². The van der Waals surface area contributed by atoms with Crippen LogP contribution in [0.25, 0.3) is 0 Å². The number of aliphatic hydroxyl groups excluding tert-OH is 1. The lowest BCUT2D eigenvalue weighted by Gasteiger charge is -1.92. The summed E-state index contributed by atoms with van der Waals surface area (Å²) in [6, 6.07) is 2.71. The van der Waals surface area contributed by atoms with E-state index < -0.39 is 4.92 Å². The van der Waals surface area contributed by atoms with Crippen molar-refractivity contribution < 1.29 is 10.0 Å². The highest BCUT2D eigenvalue weighted by molar-refractivity contribution is 8.68. The van der Waals surface area contributed by atoms with Gasteiger partial charge in [-0.05, 0) is 17.7 Å². The molecule has 7 heteroatoms. The van der Waals surface area contributed by atoms with Crippen molar-refractivity contribution in [2.75, 3.05) is 6.61 Å². The molecule has 1 aromatic rings. The first-order valence-corrected chi connectivity index (χ1v) is 5.55. The fourth-order valence-corrected chi connectivity index (χ4v) is 1.14. The fraction of sp³-hybridized carbons (Fsp3) is 0.286. The highest BCUT2D eigenvalue weighted by Gasteiger charge is 2.05. The molecular weight excluding hydrogens is 224 g/mol. The van der Waals surface area contributed by atoms with Crippen LogP contribution in [0.1, 0.15) is 6.92 Å². The highest BCUT2D eigenvalue weighted by atomic mass is 33.1. The molecule has 0 unspecified atom stereocenters. The molecule has 0 aliphatic heterocycles. The van der Waals surface area contributed by atoms with Gasteiger partial charge in [0.25, 0.3) is 5.69 Å². The molecule has 1 rings (SSSR count). The molecule has 1 heterocycles. The predicted octanol–water partition coefficient (Wildman–Crippen LogP) is 1.93. The maximum atomic E-state index is 10.2. The van der Waals surface area contributed by atoms with Gasteiger partial charge in [-0.15, -0.1) is 11.7 Å². The lowest BCUT2D eigenvalue weighted by molar-refractivity contribution is -0.385. The minimum atomic E-state index is -0.463. The van der Waals surface area contributed by atoms with Gasteiger partial charge in [-0.25, -0.2) is 4.98 Å². The molecule has 0 aromatic carbocycles. The molecule has 0 radical (unpaired) electrons. The Kier molecular flexibility index (Phi) is 7.17. The predicted molar refractivity (Wildman–Crippen MR) is 58.5 cm³/mol. The summed E-state index contributed by atoms with van der Waals surface area (Å²) in [6.07, 6.45) is 1.39. The molecule has 0 spiro atoms. The van der Waals surface area contributed by atoms with E-state index in [9.17, 15) is 10.1 Å². The molecule has 0 amide bonds. The molecule has 5 nitrogen and oxygen atoms in total. The van der Waals surface area contributed by atoms with Crippen molar-refractivity contribution in [3.8, 4) is 0 Å². The normalized spacial score (nSPS) is 8.79. The van der Waals surface area contributed by atoms with Crippen molar-refractivity contribution >= 4 is 28.1 Å². The quantitative estimate of drug-likeness (QED) is 0.354. The summed E-state index contributed by atoms with van der Waals surface area (Å²) in [5.41, 5.74) is 0.0385. The Labute approximate surface area is 90.5 Å². The Bertz CT molecular complexity index is 296. The maximum absolute atomic E-state index is 10.2. The number of pyridine rings is 1. The van der Waals surface area contributed by atoms with Gasteiger partial charge in [0.2, 0.25) is 0 Å². The third kappa shape index (κ3) is 5.05. The zero-order valence-corrected chi connectivity index (χ0v) is 9.16. The molecule has 0 bridgehead atoms. The zero-order chi connectivity index (χ0) is 11.0. The van der Waals surface area contributed by atoms with E-state index >= 15 is 0 Å². The van der Waals surface area contributed by atoms with Crippen LogP contribution in [0.2, 0.25) is 0 Å². The van der Waals surface area contributed by atoms with Crippen molar-refractivity contribution in [1.29, 1.82) is 0 Å². The molecule has 0 saturated heterocycles.